The van der Waals surface area contributed by atoms with Crippen molar-refractivity contribution in [1.29, 1.82) is 0 Å². The third-order valence-electron chi connectivity index (χ3n) is 3.79. The molecule has 0 saturated carbocycles. The molecule has 1 aliphatic heterocycles. The van der Waals surface area contributed by atoms with E-state index in [2.05, 4.69) is 32.6 Å². The van der Waals surface area contributed by atoms with Crippen molar-refractivity contribution in [2.75, 3.05) is 13.2 Å². The zero-order valence-corrected chi connectivity index (χ0v) is 13.8. The van der Waals surface area contributed by atoms with Gasteiger partial charge in [0.1, 0.15) is 5.82 Å². The Morgan fingerprint density at radius 2 is 2.40 bits per heavy atom. The molecule has 0 radical (unpaired) electrons. The maximum Gasteiger partial charge on any atom is 0.127 e. The minimum atomic E-state index is -0.0920. The Morgan fingerprint density at radius 3 is 3.10 bits per heavy atom. The van der Waals surface area contributed by atoms with Crippen LogP contribution in [0.3, 0.4) is 0 Å². The van der Waals surface area contributed by atoms with Gasteiger partial charge in [-0.2, -0.15) is 0 Å². The summed E-state index contributed by atoms with van der Waals surface area (Å²) in [6.45, 7) is 4.65. The molecule has 0 amide bonds. The molecule has 0 spiro atoms. The largest absolute Gasteiger partial charge is 0.381 e. The van der Waals surface area contributed by atoms with Crippen LogP contribution in [0.5, 0.6) is 0 Å². The summed E-state index contributed by atoms with van der Waals surface area (Å²) in [5.74, 6) is 1.50. The van der Waals surface area contributed by atoms with E-state index in [0.717, 1.165) is 47.5 Å². The van der Waals surface area contributed by atoms with Gasteiger partial charge in [0.2, 0.25) is 0 Å². The Bertz CT molecular complexity index is 605. The van der Waals surface area contributed by atoms with Crippen molar-refractivity contribution in [1.82, 2.24) is 9.55 Å². The number of alkyl halides is 1. The SMILES string of the molecule is CC(Cl)c1nc2cc(Br)ccc2n1CC1CCCOC1. The number of hydrogen-bond acceptors (Lipinski definition) is 2. The molecule has 1 aromatic carbocycles. The predicted octanol–water partition coefficient (Wildman–Crippen LogP) is 4.53. The van der Waals surface area contributed by atoms with Crippen LogP contribution in [0.15, 0.2) is 22.7 Å². The molecule has 3 rings (SSSR count). The molecule has 3 nitrogen and oxygen atoms in total. The second-order valence-corrected chi connectivity index (χ2v) is 6.98. The molecular weight excluding hydrogens is 340 g/mol. The number of rotatable bonds is 3. The van der Waals surface area contributed by atoms with Gasteiger partial charge < -0.3 is 9.30 Å². The molecule has 1 aliphatic rings. The Hall–Kier alpha value is -0.580. The van der Waals surface area contributed by atoms with Gasteiger partial charge in [0.25, 0.3) is 0 Å². The first kappa shape index (κ1) is 14.4. The van der Waals surface area contributed by atoms with Gasteiger partial charge in [0.05, 0.1) is 23.0 Å². The Morgan fingerprint density at radius 1 is 1.55 bits per heavy atom. The topological polar surface area (TPSA) is 27.1 Å². The molecule has 2 heterocycles. The predicted molar refractivity (Wildman–Crippen MR) is 85.2 cm³/mol. The second-order valence-electron chi connectivity index (χ2n) is 5.41. The molecule has 2 unspecified atom stereocenters. The van der Waals surface area contributed by atoms with E-state index in [0.29, 0.717) is 5.92 Å². The molecule has 5 heteroatoms. The molecule has 0 N–H and O–H groups in total. The van der Waals surface area contributed by atoms with Crippen molar-refractivity contribution in [3.63, 3.8) is 0 Å². The first-order valence-electron chi connectivity index (χ1n) is 7.02. The molecular formula is C15H18BrClN2O. The lowest BCUT2D eigenvalue weighted by atomic mass is 10.0. The molecule has 0 aliphatic carbocycles. The second kappa shape index (κ2) is 6.04. The van der Waals surface area contributed by atoms with Crippen molar-refractivity contribution in [2.45, 2.75) is 31.7 Å². The number of nitrogens with zero attached hydrogens (tertiary/aromatic N) is 2. The summed E-state index contributed by atoms with van der Waals surface area (Å²) in [6.07, 6.45) is 2.36. The van der Waals surface area contributed by atoms with Crippen LogP contribution in [0.25, 0.3) is 11.0 Å². The molecule has 1 fully saturated rings. The molecule has 108 valence electrons. The van der Waals surface area contributed by atoms with Gasteiger partial charge in [-0.15, -0.1) is 11.6 Å². The molecule has 20 heavy (non-hydrogen) atoms. The van der Waals surface area contributed by atoms with Crippen LogP contribution >= 0.6 is 27.5 Å². The molecule has 0 bridgehead atoms. The minimum absolute atomic E-state index is 0.0920. The summed E-state index contributed by atoms with van der Waals surface area (Å²) in [6, 6.07) is 6.21. The summed E-state index contributed by atoms with van der Waals surface area (Å²) in [4.78, 5) is 4.70. The highest BCUT2D eigenvalue weighted by Crippen LogP contribution is 2.28. The van der Waals surface area contributed by atoms with Crippen molar-refractivity contribution in [3.8, 4) is 0 Å². The van der Waals surface area contributed by atoms with Crippen LogP contribution in [0.4, 0.5) is 0 Å². The minimum Gasteiger partial charge on any atom is -0.381 e. The van der Waals surface area contributed by atoms with E-state index in [-0.39, 0.29) is 5.38 Å². The maximum absolute atomic E-state index is 6.31. The monoisotopic (exact) mass is 356 g/mol. The zero-order chi connectivity index (χ0) is 14.1. The molecule has 2 atom stereocenters. The standard InChI is InChI=1S/C15H18BrClN2O/c1-10(17)15-18-13-7-12(16)4-5-14(13)19(15)8-11-3-2-6-20-9-11/h4-5,7,10-11H,2-3,6,8-9H2,1H3. The van der Waals surface area contributed by atoms with Crippen LogP contribution in [0.1, 0.15) is 31.0 Å². The third kappa shape index (κ3) is 2.87. The van der Waals surface area contributed by atoms with Crippen LogP contribution in [-0.4, -0.2) is 22.8 Å². The summed E-state index contributed by atoms with van der Waals surface area (Å²) in [7, 11) is 0. The average molecular weight is 358 g/mol. The third-order valence-corrected chi connectivity index (χ3v) is 4.48. The number of ether oxygens (including phenoxy) is 1. The zero-order valence-electron chi connectivity index (χ0n) is 11.5. The van der Waals surface area contributed by atoms with Gasteiger partial charge in [0.15, 0.2) is 0 Å². The summed E-state index contributed by atoms with van der Waals surface area (Å²) >= 11 is 9.81. The fourth-order valence-corrected chi connectivity index (χ4v) is 3.34. The quantitative estimate of drug-likeness (QED) is 0.755. The number of hydrogen-bond donors (Lipinski definition) is 0. The number of halogens is 2. The number of imidazole rings is 1. The smallest absolute Gasteiger partial charge is 0.127 e. The van der Waals surface area contributed by atoms with Crippen LogP contribution in [0, 0.1) is 5.92 Å². The highest BCUT2D eigenvalue weighted by Gasteiger charge is 2.20. The summed E-state index contributed by atoms with van der Waals surface area (Å²) in [5.41, 5.74) is 2.15. The summed E-state index contributed by atoms with van der Waals surface area (Å²) < 4.78 is 8.90. The van der Waals surface area contributed by atoms with E-state index in [1.165, 1.54) is 6.42 Å². The van der Waals surface area contributed by atoms with Crippen molar-refractivity contribution in [3.05, 3.63) is 28.5 Å². The first-order chi connectivity index (χ1) is 9.65. The normalized spacial score (nSPS) is 21.2. The first-order valence-corrected chi connectivity index (χ1v) is 8.25. The van der Waals surface area contributed by atoms with Crippen LogP contribution in [-0.2, 0) is 11.3 Å². The van der Waals surface area contributed by atoms with Crippen molar-refractivity contribution >= 4 is 38.6 Å². The van der Waals surface area contributed by atoms with E-state index < -0.39 is 0 Å². The molecule has 1 aromatic heterocycles. The van der Waals surface area contributed by atoms with Gasteiger partial charge in [-0.05, 0) is 38.0 Å². The van der Waals surface area contributed by atoms with Crippen LogP contribution < -0.4 is 0 Å². The fourth-order valence-electron chi connectivity index (χ4n) is 2.83. The Balaban J connectivity index is 1.99. The lowest BCUT2D eigenvalue weighted by Crippen LogP contribution is -2.23. The van der Waals surface area contributed by atoms with E-state index in [9.17, 15) is 0 Å². The Labute approximate surface area is 132 Å². The number of aromatic nitrogens is 2. The highest BCUT2D eigenvalue weighted by atomic mass is 79.9. The maximum atomic E-state index is 6.31. The van der Waals surface area contributed by atoms with Gasteiger partial charge in [-0.1, -0.05) is 15.9 Å². The highest BCUT2D eigenvalue weighted by molar-refractivity contribution is 9.10. The van der Waals surface area contributed by atoms with Gasteiger partial charge in [0, 0.05) is 23.5 Å². The average Bonchev–Trinajstić information content (AvgIpc) is 2.78. The Kier molecular flexibility index (Phi) is 4.34. The van der Waals surface area contributed by atoms with E-state index in [4.69, 9.17) is 21.3 Å². The van der Waals surface area contributed by atoms with E-state index in [1.54, 1.807) is 0 Å². The van der Waals surface area contributed by atoms with Gasteiger partial charge >= 0.3 is 0 Å². The molecule has 2 aromatic rings. The lowest BCUT2D eigenvalue weighted by molar-refractivity contribution is 0.0485. The van der Waals surface area contributed by atoms with Gasteiger partial charge in [-0.3, -0.25) is 0 Å². The number of fused-ring (bicyclic) bond motifs is 1. The van der Waals surface area contributed by atoms with E-state index >= 15 is 0 Å². The van der Waals surface area contributed by atoms with Gasteiger partial charge in [-0.25, -0.2) is 4.98 Å². The fraction of sp³-hybridized carbons (Fsp3) is 0.533. The molecule has 1 saturated heterocycles. The summed E-state index contributed by atoms with van der Waals surface area (Å²) in [5, 5.41) is -0.0920. The van der Waals surface area contributed by atoms with Crippen LogP contribution in [0.2, 0.25) is 0 Å². The van der Waals surface area contributed by atoms with Crippen molar-refractivity contribution in [2.24, 2.45) is 5.92 Å². The number of benzene rings is 1. The van der Waals surface area contributed by atoms with Crippen molar-refractivity contribution < 1.29 is 4.74 Å². The lowest BCUT2D eigenvalue weighted by Gasteiger charge is -2.23. The van der Waals surface area contributed by atoms with E-state index in [1.807, 2.05) is 13.0 Å².